The van der Waals surface area contributed by atoms with Crippen molar-refractivity contribution in [2.45, 2.75) is 39.7 Å². The van der Waals surface area contributed by atoms with E-state index >= 15 is 0 Å². The molecule has 0 heterocycles. The van der Waals surface area contributed by atoms with E-state index in [9.17, 15) is 0 Å². The summed E-state index contributed by atoms with van der Waals surface area (Å²) in [4.78, 5) is 2.43. The van der Waals surface area contributed by atoms with Gasteiger partial charge in [0.1, 0.15) is 0 Å². The summed E-state index contributed by atoms with van der Waals surface area (Å²) >= 11 is 1.51. The molecule has 0 aromatic rings. The van der Waals surface area contributed by atoms with E-state index < -0.39 is 0 Å². The summed E-state index contributed by atoms with van der Waals surface area (Å²) in [6.45, 7) is 10.1. The van der Waals surface area contributed by atoms with Gasteiger partial charge >= 0.3 is 87.0 Å². The van der Waals surface area contributed by atoms with Crippen LogP contribution in [0.25, 0.3) is 0 Å². The van der Waals surface area contributed by atoms with Gasteiger partial charge in [0.2, 0.25) is 0 Å². The molecule has 0 aliphatic heterocycles. The van der Waals surface area contributed by atoms with Crippen LogP contribution in [0, 0.1) is 0 Å². The second-order valence-electron chi connectivity index (χ2n) is 3.88. The Morgan fingerprint density at radius 2 is 1.92 bits per heavy atom. The summed E-state index contributed by atoms with van der Waals surface area (Å²) in [5.74, 6) is 0. The molecule has 72 valence electrons. The molecule has 3 heteroatoms. The molecule has 0 fully saturated rings. The Kier molecular flexibility index (Phi) is 5.47. The van der Waals surface area contributed by atoms with Gasteiger partial charge in [0.15, 0.2) is 0 Å². The standard InChI is InChI=1S/C9H20N2.W/c1-6-7-11(8-10-5)9(2,3)4;/h10H,6-7H2,1-5H3;. The molecule has 0 saturated carbocycles. The zero-order chi connectivity index (χ0) is 9.78. The van der Waals surface area contributed by atoms with E-state index in [2.05, 4.69) is 37.9 Å². The molecule has 2 nitrogen and oxygen atoms in total. The van der Waals surface area contributed by atoms with E-state index in [1.807, 2.05) is 7.05 Å². The van der Waals surface area contributed by atoms with Gasteiger partial charge in [-0.25, -0.2) is 0 Å². The third-order valence-corrected chi connectivity index (χ3v) is 3.24. The molecule has 1 N–H and O–H groups in total. The van der Waals surface area contributed by atoms with Crippen molar-refractivity contribution >= 4 is 4.15 Å². The van der Waals surface area contributed by atoms with E-state index in [1.54, 1.807) is 0 Å². The number of hydrogen-bond donors (Lipinski definition) is 1. The average Bonchev–Trinajstić information content (AvgIpc) is 1.96. The molecule has 0 atom stereocenters. The third-order valence-electron chi connectivity index (χ3n) is 1.72. The summed E-state index contributed by atoms with van der Waals surface area (Å²) in [6.07, 6.45) is 1.20. The summed E-state index contributed by atoms with van der Waals surface area (Å²) in [7, 11) is 2.00. The van der Waals surface area contributed by atoms with Crippen LogP contribution in [0.3, 0.4) is 0 Å². The van der Waals surface area contributed by atoms with Crippen molar-refractivity contribution in [2.75, 3.05) is 13.6 Å². The van der Waals surface area contributed by atoms with Gasteiger partial charge in [-0.15, -0.1) is 0 Å². The van der Waals surface area contributed by atoms with Crippen LogP contribution in [-0.4, -0.2) is 28.2 Å². The fourth-order valence-corrected chi connectivity index (χ4v) is 2.41. The van der Waals surface area contributed by atoms with E-state index in [0.717, 1.165) is 6.54 Å². The molecular weight excluding hydrogens is 320 g/mol. The predicted molar refractivity (Wildman–Crippen MR) is 50.8 cm³/mol. The molecule has 0 rings (SSSR count). The zero-order valence-corrected chi connectivity index (χ0v) is 11.7. The van der Waals surface area contributed by atoms with Crippen LogP contribution in [0.1, 0.15) is 34.1 Å². The first-order chi connectivity index (χ1) is 5.43. The second kappa shape index (κ2) is 5.26. The van der Waals surface area contributed by atoms with Gasteiger partial charge in [-0.2, -0.15) is 0 Å². The van der Waals surface area contributed by atoms with Gasteiger partial charge in [0.25, 0.3) is 0 Å². The Morgan fingerprint density at radius 1 is 1.42 bits per heavy atom. The Labute approximate surface area is 87.1 Å². The Balaban J connectivity index is 4.33. The van der Waals surface area contributed by atoms with Crippen molar-refractivity contribution in [1.29, 1.82) is 0 Å². The van der Waals surface area contributed by atoms with Crippen LogP contribution < -0.4 is 5.32 Å². The Bertz CT molecular complexity index is 149. The van der Waals surface area contributed by atoms with Crippen LogP contribution in [0.4, 0.5) is 0 Å². The van der Waals surface area contributed by atoms with Crippen molar-refractivity contribution < 1.29 is 19.4 Å². The first kappa shape index (κ1) is 12.5. The quantitative estimate of drug-likeness (QED) is 0.831. The molecule has 0 saturated heterocycles. The molecule has 0 amide bonds. The summed E-state index contributed by atoms with van der Waals surface area (Å²) in [5, 5.41) is 3.24. The molecule has 0 aromatic heterocycles. The van der Waals surface area contributed by atoms with Crippen LogP contribution >= 0.6 is 0 Å². The molecule has 0 unspecified atom stereocenters. The summed E-state index contributed by atoms with van der Waals surface area (Å²) in [6, 6.07) is 0. The van der Waals surface area contributed by atoms with Gasteiger partial charge in [-0.05, 0) is 0 Å². The zero-order valence-electron chi connectivity index (χ0n) is 8.77. The Hall–Kier alpha value is 0.478. The number of nitrogens with zero attached hydrogens (tertiary/aromatic N) is 1. The van der Waals surface area contributed by atoms with Gasteiger partial charge in [-0.3, -0.25) is 0 Å². The summed E-state index contributed by atoms with van der Waals surface area (Å²) in [5.41, 5.74) is 0.246. The van der Waals surface area contributed by atoms with E-state index in [4.69, 9.17) is 0 Å². The molecule has 0 aliphatic rings. The van der Waals surface area contributed by atoms with Crippen LogP contribution in [-0.2, 0) is 19.4 Å². The van der Waals surface area contributed by atoms with Gasteiger partial charge < -0.3 is 0 Å². The van der Waals surface area contributed by atoms with E-state index in [-0.39, 0.29) is 5.54 Å². The second-order valence-corrected chi connectivity index (χ2v) is 5.27. The first-order valence-electron chi connectivity index (χ1n) is 4.42. The molecule has 0 aromatic carbocycles. The van der Waals surface area contributed by atoms with Gasteiger partial charge in [0.05, 0.1) is 0 Å². The van der Waals surface area contributed by atoms with Crippen molar-refractivity contribution in [2.24, 2.45) is 0 Å². The molecule has 0 spiro atoms. The minimum atomic E-state index is 0.246. The predicted octanol–water partition coefficient (Wildman–Crippen LogP) is 1.35. The molecule has 0 radical (unpaired) electrons. The van der Waals surface area contributed by atoms with Crippen LogP contribution in [0.15, 0.2) is 0 Å². The molecular formula is C9H20N2W. The van der Waals surface area contributed by atoms with Crippen molar-refractivity contribution in [1.82, 2.24) is 10.2 Å². The fourth-order valence-electron chi connectivity index (χ4n) is 1.10. The minimum absolute atomic E-state index is 0.246. The number of nitrogens with one attached hydrogen (secondary N) is 1. The topological polar surface area (TPSA) is 15.3 Å². The SMILES string of the molecule is CCCN([C](=[W])NC)C(C)(C)C. The normalized spacial score (nSPS) is 12.2. The molecule has 12 heavy (non-hydrogen) atoms. The van der Waals surface area contributed by atoms with Crippen molar-refractivity contribution in [3.63, 3.8) is 0 Å². The van der Waals surface area contributed by atoms with E-state index in [0.29, 0.717) is 0 Å². The maximum absolute atomic E-state index is 3.24. The average molecular weight is 340 g/mol. The molecule has 0 aliphatic carbocycles. The van der Waals surface area contributed by atoms with Gasteiger partial charge in [0, 0.05) is 0 Å². The fraction of sp³-hybridized carbons (Fsp3) is 0.889. The summed E-state index contributed by atoms with van der Waals surface area (Å²) < 4.78 is 1.34. The number of rotatable bonds is 4. The molecule has 0 bridgehead atoms. The maximum atomic E-state index is 3.24. The van der Waals surface area contributed by atoms with Crippen LogP contribution in [0.5, 0.6) is 0 Å². The van der Waals surface area contributed by atoms with Crippen molar-refractivity contribution in [3.05, 3.63) is 0 Å². The van der Waals surface area contributed by atoms with Crippen molar-refractivity contribution in [3.8, 4) is 0 Å². The Morgan fingerprint density at radius 3 is 2.17 bits per heavy atom. The number of hydrogen-bond acceptors (Lipinski definition) is 2. The van der Waals surface area contributed by atoms with E-state index in [1.165, 1.54) is 29.9 Å². The monoisotopic (exact) mass is 340 g/mol. The van der Waals surface area contributed by atoms with Gasteiger partial charge in [-0.1, -0.05) is 0 Å². The first-order valence-corrected chi connectivity index (χ1v) is 5.89. The third kappa shape index (κ3) is 3.93. The van der Waals surface area contributed by atoms with Crippen LogP contribution in [0.2, 0.25) is 0 Å².